The van der Waals surface area contributed by atoms with Crippen molar-refractivity contribution in [1.82, 2.24) is 4.90 Å². The van der Waals surface area contributed by atoms with Gasteiger partial charge in [-0.3, -0.25) is 4.79 Å². The molecule has 0 radical (unpaired) electrons. The lowest BCUT2D eigenvalue weighted by molar-refractivity contribution is -0.0227. The molecule has 1 amide bonds. The van der Waals surface area contributed by atoms with Gasteiger partial charge in [0.2, 0.25) is 0 Å². The smallest absolute Gasteiger partial charge is 0.254 e. The van der Waals surface area contributed by atoms with Crippen LogP contribution in [-0.2, 0) is 4.74 Å². The summed E-state index contributed by atoms with van der Waals surface area (Å²) >= 11 is 0. The van der Waals surface area contributed by atoms with Crippen LogP contribution in [0, 0.1) is 0 Å². The minimum Gasteiger partial charge on any atom is -0.370 e. The van der Waals surface area contributed by atoms with Crippen LogP contribution in [0.1, 0.15) is 22.0 Å². The number of benzene rings is 3. The van der Waals surface area contributed by atoms with Gasteiger partial charge in [0.1, 0.15) is 6.10 Å². The molecule has 1 aliphatic rings. The van der Waals surface area contributed by atoms with E-state index in [4.69, 9.17) is 4.74 Å². The second kappa shape index (κ2) is 6.46. The van der Waals surface area contributed by atoms with Gasteiger partial charge >= 0.3 is 0 Å². The normalized spacial score (nSPS) is 17.8. The number of hydrogen-bond donors (Lipinski definition) is 0. The predicted octanol–water partition coefficient (Wildman–Crippen LogP) is 4.05. The predicted molar refractivity (Wildman–Crippen MR) is 95.0 cm³/mol. The summed E-state index contributed by atoms with van der Waals surface area (Å²) < 4.78 is 5.87. The maximum absolute atomic E-state index is 13.1. The number of rotatable bonds is 2. The van der Waals surface area contributed by atoms with Crippen LogP contribution in [0.4, 0.5) is 0 Å². The summed E-state index contributed by atoms with van der Waals surface area (Å²) in [5, 5.41) is 2.10. The molecule has 3 nitrogen and oxygen atoms in total. The molecule has 0 aliphatic carbocycles. The summed E-state index contributed by atoms with van der Waals surface area (Å²) in [6.07, 6.45) is -0.0566. The van der Waals surface area contributed by atoms with E-state index in [1.165, 1.54) is 0 Å². The molecule has 1 atom stereocenters. The molecular weight excluding hydrogens is 298 g/mol. The van der Waals surface area contributed by atoms with Crippen LogP contribution in [0.3, 0.4) is 0 Å². The quantitative estimate of drug-likeness (QED) is 0.713. The average molecular weight is 317 g/mol. The molecule has 3 aromatic carbocycles. The third-order valence-electron chi connectivity index (χ3n) is 4.55. The lowest BCUT2D eigenvalue weighted by atomic mass is 10.0. The van der Waals surface area contributed by atoms with E-state index < -0.39 is 0 Å². The Balaban J connectivity index is 1.62. The first-order valence-electron chi connectivity index (χ1n) is 8.26. The average Bonchev–Trinajstić information content (AvgIpc) is 2.68. The summed E-state index contributed by atoms with van der Waals surface area (Å²) in [4.78, 5) is 15.0. The van der Waals surface area contributed by atoms with Crippen LogP contribution < -0.4 is 0 Å². The lowest BCUT2D eigenvalue weighted by Gasteiger charge is -2.33. The molecule has 3 aromatic rings. The van der Waals surface area contributed by atoms with Crippen LogP contribution in [-0.4, -0.2) is 30.5 Å². The Hall–Kier alpha value is -2.65. The standard InChI is InChI=1S/C21H19NO2/c23-21(19-12-6-10-16-7-4-5-11-18(16)19)22-13-14-24-20(15-22)17-8-2-1-3-9-17/h1-12,20H,13-15H2. The Morgan fingerprint density at radius 1 is 0.917 bits per heavy atom. The van der Waals surface area contributed by atoms with Crippen molar-refractivity contribution in [2.75, 3.05) is 19.7 Å². The Morgan fingerprint density at radius 2 is 1.67 bits per heavy atom. The van der Waals surface area contributed by atoms with Gasteiger partial charge < -0.3 is 9.64 Å². The van der Waals surface area contributed by atoms with Crippen molar-refractivity contribution < 1.29 is 9.53 Å². The van der Waals surface area contributed by atoms with Gasteiger partial charge in [-0.2, -0.15) is 0 Å². The molecule has 0 N–H and O–H groups in total. The molecule has 1 fully saturated rings. The van der Waals surface area contributed by atoms with Crippen LogP contribution in [0.2, 0.25) is 0 Å². The minimum atomic E-state index is -0.0566. The molecule has 1 saturated heterocycles. The molecule has 24 heavy (non-hydrogen) atoms. The molecule has 120 valence electrons. The number of hydrogen-bond acceptors (Lipinski definition) is 2. The number of fused-ring (bicyclic) bond motifs is 1. The maximum Gasteiger partial charge on any atom is 0.254 e. The number of nitrogens with zero attached hydrogens (tertiary/aromatic N) is 1. The number of amides is 1. The van der Waals surface area contributed by atoms with Crippen molar-refractivity contribution in [2.24, 2.45) is 0 Å². The Kier molecular flexibility index (Phi) is 4.01. The summed E-state index contributed by atoms with van der Waals surface area (Å²) in [6.45, 7) is 1.79. The molecule has 3 heteroatoms. The van der Waals surface area contributed by atoms with Crippen molar-refractivity contribution in [3.63, 3.8) is 0 Å². The summed E-state index contributed by atoms with van der Waals surface area (Å²) in [7, 11) is 0. The van der Waals surface area contributed by atoms with E-state index in [0.29, 0.717) is 19.7 Å². The lowest BCUT2D eigenvalue weighted by Crippen LogP contribution is -2.42. The van der Waals surface area contributed by atoms with Crippen molar-refractivity contribution in [1.29, 1.82) is 0 Å². The molecular formula is C21H19NO2. The Bertz CT molecular complexity index is 855. The fourth-order valence-electron chi connectivity index (χ4n) is 3.29. The van der Waals surface area contributed by atoms with Crippen molar-refractivity contribution in [2.45, 2.75) is 6.10 Å². The first kappa shape index (κ1) is 14.9. The maximum atomic E-state index is 13.1. The van der Waals surface area contributed by atoms with E-state index in [-0.39, 0.29) is 12.0 Å². The number of ether oxygens (including phenoxy) is 1. The van der Waals surface area contributed by atoms with Gasteiger partial charge in [0.15, 0.2) is 0 Å². The zero-order valence-electron chi connectivity index (χ0n) is 13.4. The summed E-state index contributed by atoms with van der Waals surface area (Å²) in [5.74, 6) is 0.0797. The van der Waals surface area contributed by atoms with Gasteiger partial charge in [-0.25, -0.2) is 0 Å². The van der Waals surface area contributed by atoms with Crippen LogP contribution in [0.25, 0.3) is 10.8 Å². The van der Waals surface area contributed by atoms with Crippen LogP contribution >= 0.6 is 0 Å². The highest BCUT2D eigenvalue weighted by molar-refractivity contribution is 6.07. The highest BCUT2D eigenvalue weighted by Gasteiger charge is 2.26. The van der Waals surface area contributed by atoms with E-state index in [9.17, 15) is 4.79 Å². The number of morpholine rings is 1. The van der Waals surface area contributed by atoms with Gasteiger partial charge in [-0.05, 0) is 22.4 Å². The first-order valence-corrected chi connectivity index (χ1v) is 8.26. The molecule has 0 bridgehead atoms. The van der Waals surface area contributed by atoms with Crippen LogP contribution in [0.5, 0.6) is 0 Å². The van der Waals surface area contributed by atoms with E-state index in [1.807, 2.05) is 65.6 Å². The largest absolute Gasteiger partial charge is 0.370 e. The van der Waals surface area contributed by atoms with E-state index in [2.05, 4.69) is 12.1 Å². The topological polar surface area (TPSA) is 29.5 Å². The van der Waals surface area contributed by atoms with Gasteiger partial charge in [0, 0.05) is 12.1 Å². The minimum absolute atomic E-state index is 0.0566. The first-order chi connectivity index (χ1) is 11.8. The molecule has 4 rings (SSSR count). The zero-order valence-corrected chi connectivity index (χ0v) is 13.4. The summed E-state index contributed by atoms with van der Waals surface area (Å²) in [5.41, 5.74) is 1.88. The van der Waals surface area contributed by atoms with Crippen molar-refractivity contribution >= 4 is 16.7 Å². The second-order valence-electron chi connectivity index (χ2n) is 6.05. The highest BCUT2D eigenvalue weighted by Crippen LogP contribution is 2.25. The monoisotopic (exact) mass is 317 g/mol. The SMILES string of the molecule is O=C(c1cccc2ccccc12)N1CCOC(c2ccccc2)C1. The van der Waals surface area contributed by atoms with Gasteiger partial charge in [0.25, 0.3) is 5.91 Å². The van der Waals surface area contributed by atoms with Gasteiger partial charge in [-0.1, -0.05) is 66.7 Å². The molecule has 1 unspecified atom stereocenters. The number of carbonyl (C=O) groups excluding carboxylic acids is 1. The number of carbonyl (C=O) groups is 1. The third-order valence-corrected chi connectivity index (χ3v) is 4.55. The third kappa shape index (κ3) is 2.79. The molecule has 0 spiro atoms. The Labute approximate surface area is 141 Å². The molecule has 1 heterocycles. The van der Waals surface area contributed by atoms with Crippen LogP contribution in [0.15, 0.2) is 72.8 Å². The van der Waals surface area contributed by atoms with Gasteiger partial charge in [0.05, 0.1) is 13.2 Å². The fraction of sp³-hybridized carbons (Fsp3) is 0.190. The highest BCUT2D eigenvalue weighted by atomic mass is 16.5. The zero-order chi connectivity index (χ0) is 16.4. The fourth-order valence-corrected chi connectivity index (χ4v) is 3.29. The molecule has 1 aliphatic heterocycles. The van der Waals surface area contributed by atoms with E-state index in [0.717, 1.165) is 21.9 Å². The summed E-state index contributed by atoms with van der Waals surface area (Å²) in [6, 6.07) is 24.0. The Morgan fingerprint density at radius 3 is 2.54 bits per heavy atom. The van der Waals surface area contributed by atoms with Crippen molar-refractivity contribution in [3.8, 4) is 0 Å². The molecule has 0 aromatic heterocycles. The van der Waals surface area contributed by atoms with E-state index >= 15 is 0 Å². The van der Waals surface area contributed by atoms with E-state index in [1.54, 1.807) is 0 Å². The second-order valence-corrected chi connectivity index (χ2v) is 6.05. The van der Waals surface area contributed by atoms with Crippen molar-refractivity contribution in [3.05, 3.63) is 83.9 Å². The molecule has 0 saturated carbocycles. The van der Waals surface area contributed by atoms with Gasteiger partial charge in [-0.15, -0.1) is 0 Å².